The monoisotopic (exact) mass is 311 g/mol. The van der Waals surface area contributed by atoms with Crippen molar-refractivity contribution in [3.63, 3.8) is 0 Å². The summed E-state index contributed by atoms with van der Waals surface area (Å²) in [6.45, 7) is 3.97. The molecule has 0 radical (unpaired) electrons. The van der Waals surface area contributed by atoms with Crippen molar-refractivity contribution in [3.05, 3.63) is 35.6 Å². The SMILES string of the molecule is CC(c1ccccc1F)N(C)CC(O)COCC1CCCO1. The minimum atomic E-state index is -0.597. The molecule has 3 atom stereocenters. The Labute approximate surface area is 131 Å². The van der Waals surface area contributed by atoms with Gasteiger partial charge in [-0.25, -0.2) is 4.39 Å². The van der Waals surface area contributed by atoms with Crippen molar-refractivity contribution in [1.29, 1.82) is 0 Å². The van der Waals surface area contributed by atoms with Gasteiger partial charge in [0, 0.05) is 24.8 Å². The fourth-order valence-corrected chi connectivity index (χ4v) is 2.71. The Kier molecular flexibility index (Phi) is 6.76. The maximum atomic E-state index is 13.8. The van der Waals surface area contributed by atoms with Gasteiger partial charge in [0.1, 0.15) is 5.82 Å². The third-order valence-corrected chi connectivity index (χ3v) is 4.15. The fraction of sp³-hybridized carbons (Fsp3) is 0.647. The highest BCUT2D eigenvalue weighted by Gasteiger charge is 2.19. The quantitative estimate of drug-likeness (QED) is 0.800. The summed E-state index contributed by atoms with van der Waals surface area (Å²) in [6.07, 6.45) is 1.68. The van der Waals surface area contributed by atoms with Crippen LogP contribution < -0.4 is 0 Å². The van der Waals surface area contributed by atoms with Gasteiger partial charge in [-0.05, 0) is 32.9 Å². The van der Waals surface area contributed by atoms with Crippen LogP contribution in [0, 0.1) is 5.82 Å². The molecule has 0 spiro atoms. The number of aliphatic hydroxyl groups excluding tert-OH is 1. The van der Waals surface area contributed by atoms with Crippen LogP contribution in [0.25, 0.3) is 0 Å². The summed E-state index contributed by atoms with van der Waals surface area (Å²) in [5.41, 5.74) is 0.637. The molecule has 0 amide bonds. The van der Waals surface area contributed by atoms with Crippen molar-refractivity contribution < 1.29 is 19.0 Å². The molecule has 5 heteroatoms. The maximum absolute atomic E-state index is 13.8. The number of hydrogen-bond donors (Lipinski definition) is 1. The van der Waals surface area contributed by atoms with Gasteiger partial charge in [-0.3, -0.25) is 4.90 Å². The molecule has 22 heavy (non-hydrogen) atoms. The van der Waals surface area contributed by atoms with E-state index in [1.807, 2.05) is 24.9 Å². The van der Waals surface area contributed by atoms with Gasteiger partial charge < -0.3 is 14.6 Å². The van der Waals surface area contributed by atoms with Crippen LogP contribution >= 0.6 is 0 Å². The second-order valence-corrected chi connectivity index (χ2v) is 5.96. The van der Waals surface area contributed by atoms with Crippen LogP contribution in [-0.2, 0) is 9.47 Å². The summed E-state index contributed by atoms with van der Waals surface area (Å²) in [4.78, 5) is 1.93. The zero-order valence-corrected chi connectivity index (χ0v) is 13.4. The Morgan fingerprint density at radius 3 is 2.91 bits per heavy atom. The first kappa shape index (κ1) is 17.3. The lowest BCUT2D eigenvalue weighted by Gasteiger charge is -2.27. The third kappa shape index (κ3) is 5.02. The van der Waals surface area contributed by atoms with Gasteiger partial charge >= 0.3 is 0 Å². The number of rotatable bonds is 8. The van der Waals surface area contributed by atoms with Crippen LogP contribution in [0.1, 0.15) is 31.4 Å². The topological polar surface area (TPSA) is 41.9 Å². The number of aliphatic hydroxyl groups is 1. The van der Waals surface area contributed by atoms with E-state index in [1.165, 1.54) is 6.07 Å². The molecular weight excluding hydrogens is 285 g/mol. The van der Waals surface area contributed by atoms with Gasteiger partial charge in [0.05, 0.1) is 25.4 Å². The van der Waals surface area contributed by atoms with E-state index in [-0.39, 0.29) is 24.6 Å². The molecule has 1 aromatic rings. The first-order valence-electron chi connectivity index (χ1n) is 7.90. The van der Waals surface area contributed by atoms with Crippen LogP contribution in [0.5, 0.6) is 0 Å². The summed E-state index contributed by atoms with van der Waals surface area (Å²) in [6, 6.07) is 6.63. The molecule has 0 saturated carbocycles. The summed E-state index contributed by atoms with van der Waals surface area (Å²) in [5, 5.41) is 10.1. The van der Waals surface area contributed by atoms with E-state index in [0.717, 1.165) is 19.4 Å². The Morgan fingerprint density at radius 2 is 2.23 bits per heavy atom. The van der Waals surface area contributed by atoms with Gasteiger partial charge in [0.25, 0.3) is 0 Å². The average Bonchev–Trinajstić information content (AvgIpc) is 3.00. The molecule has 1 aliphatic heterocycles. The normalized spacial score (nSPS) is 21.2. The van der Waals surface area contributed by atoms with Gasteiger partial charge in [0.2, 0.25) is 0 Å². The highest BCUT2D eigenvalue weighted by atomic mass is 19.1. The second-order valence-electron chi connectivity index (χ2n) is 5.96. The largest absolute Gasteiger partial charge is 0.389 e. The predicted molar refractivity (Wildman–Crippen MR) is 83.2 cm³/mol. The molecule has 0 bridgehead atoms. The molecular formula is C17H26FNO3. The van der Waals surface area contributed by atoms with Crippen LogP contribution in [-0.4, -0.2) is 55.6 Å². The average molecular weight is 311 g/mol. The second kappa shape index (κ2) is 8.58. The molecule has 1 saturated heterocycles. The number of hydrogen-bond acceptors (Lipinski definition) is 4. The van der Waals surface area contributed by atoms with E-state index < -0.39 is 6.10 Å². The van der Waals surface area contributed by atoms with Gasteiger partial charge in [-0.15, -0.1) is 0 Å². The van der Waals surface area contributed by atoms with E-state index in [0.29, 0.717) is 18.7 Å². The fourth-order valence-electron chi connectivity index (χ4n) is 2.71. The van der Waals surface area contributed by atoms with Crippen LogP contribution in [0.2, 0.25) is 0 Å². The highest BCUT2D eigenvalue weighted by Crippen LogP contribution is 2.21. The predicted octanol–water partition coefficient (Wildman–Crippen LogP) is 2.38. The molecule has 4 nitrogen and oxygen atoms in total. The van der Waals surface area contributed by atoms with Crippen LogP contribution in [0.4, 0.5) is 4.39 Å². The molecule has 1 heterocycles. The molecule has 2 rings (SSSR count). The summed E-state index contributed by atoms with van der Waals surface area (Å²) in [5.74, 6) is -0.217. The Bertz CT molecular complexity index is 451. The lowest BCUT2D eigenvalue weighted by Crippen LogP contribution is -2.34. The molecule has 0 aliphatic carbocycles. The van der Waals surface area contributed by atoms with E-state index in [4.69, 9.17) is 9.47 Å². The first-order chi connectivity index (χ1) is 10.6. The standard InChI is InChI=1S/C17H26FNO3/c1-13(16-7-3-4-8-17(16)18)19(2)10-14(20)11-21-12-15-6-5-9-22-15/h3-4,7-8,13-15,20H,5-6,9-12H2,1-2H3. The molecule has 0 aromatic heterocycles. The smallest absolute Gasteiger partial charge is 0.127 e. The van der Waals surface area contributed by atoms with Crippen LogP contribution in [0.15, 0.2) is 24.3 Å². The van der Waals surface area contributed by atoms with E-state index in [9.17, 15) is 9.50 Å². The molecule has 3 unspecified atom stereocenters. The van der Waals surface area contributed by atoms with Crippen LogP contribution in [0.3, 0.4) is 0 Å². The lowest BCUT2D eigenvalue weighted by atomic mass is 10.1. The van der Waals surface area contributed by atoms with E-state index in [1.54, 1.807) is 12.1 Å². The summed E-state index contributed by atoms with van der Waals surface area (Å²) < 4.78 is 24.8. The third-order valence-electron chi connectivity index (χ3n) is 4.15. The molecule has 124 valence electrons. The Morgan fingerprint density at radius 1 is 1.45 bits per heavy atom. The number of ether oxygens (including phenoxy) is 2. The first-order valence-corrected chi connectivity index (χ1v) is 7.90. The van der Waals surface area contributed by atoms with Gasteiger partial charge in [-0.1, -0.05) is 18.2 Å². The van der Waals surface area contributed by atoms with Crippen molar-refractivity contribution >= 4 is 0 Å². The minimum Gasteiger partial charge on any atom is -0.389 e. The zero-order valence-electron chi connectivity index (χ0n) is 13.4. The molecule has 1 fully saturated rings. The van der Waals surface area contributed by atoms with Crippen molar-refractivity contribution in [3.8, 4) is 0 Å². The zero-order chi connectivity index (χ0) is 15.9. The molecule has 1 aromatic carbocycles. The molecule has 1 aliphatic rings. The Balaban J connectivity index is 1.73. The van der Waals surface area contributed by atoms with Crippen molar-refractivity contribution in [2.45, 2.75) is 38.0 Å². The summed E-state index contributed by atoms with van der Waals surface area (Å²) in [7, 11) is 1.88. The number of halogens is 1. The summed E-state index contributed by atoms with van der Waals surface area (Å²) >= 11 is 0. The lowest BCUT2D eigenvalue weighted by molar-refractivity contribution is -0.0258. The minimum absolute atomic E-state index is 0.103. The number of benzene rings is 1. The number of nitrogens with zero attached hydrogens (tertiary/aromatic N) is 1. The highest BCUT2D eigenvalue weighted by molar-refractivity contribution is 5.20. The Hall–Kier alpha value is -1.01. The molecule has 1 N–H and O–H groups in total. The van der Waals surface area contributed by atoms with E-state index >= 15 is 0 Å². The maximum Gasteiger partial charge on any atom is 0.127 e. The van der Waals surface area contributed by atoms with Crippen molar-refractivity contribution in [2.24, 2.45) is 0 Å². The van der Waals surface area contributed by atoms with Crippen molar-refractivity contribution in [1.82, 2.24) is 4.90 Å². The van der Waals surface area contributed by atoms with E-state index in [2.05, 4.69) is 0 Å². The van der Waals surface area contributed by atoms with Gasteiger partial charge in [0.15, 0.2) is 0 Å². The van der Waals surface area contributed by atoms with Gasteiger partial charge in [-0.2, -0.15) is 0 Å². The number of likely N-dealkylation sites (N-methyl/N-ethyl adjacent to an activating group) is 1. The van der Waals surface area contributed by atoms with Crippen molar-refractivity contribution in [2.75, 3.05) is 33.4 Å².